The SMILES string of the molecule is CCNC(=NCc1ccc(CN2CCc3ccccc32)cc1)NC1CCC(O)CC1. The number of rotatable bonds is 6. The van der Waals surface area contributed by atoms with Gasteiger partial charge in [0.25, 0.3) is 0 Å². The highest BCUT2D eigenvalue weighted by Crippen LogP contribution is 2.28. The molecule has 0 saturated heterocycles. The second-order valence-electron chi connectivity index (χ2n) is 8.46. The third-order valence-corrected chi connectivity index (χ3v) is 6.18. The number of guanidine groups is 1. The summed E-state index contributed by atoms with van der Waals surface area (Å²) >= 11 is 0. The van der Waals surface area contributed by atoms with E-state index in [1.54, 1.807) is 0 Å². The van der Waals surface area contributed by atoms with Gasteiger partial charge in [-0.2, -0.15) is 0 Å². The first kappa shape index (κ1) is 20.7. The van der Waals surface area contributed by atoms with E-state index in [1.165, 1.54) is 22.4 Å². The number of hydrogen-bond donors (Lipinski definition) is 3. The van der Waals surface area contributed by atoms with Gasteiger partial charge in [0.1, 0.15) is 0 Å². The first-order valence-corrected chi connectivity index (χ1v) is 11.3. The number of aliphatic hydroxyl groups excluding tert-OH is 1. The number of anilines is 1. The molecule has 0 bridgehead atoms. The number of nitrogens with one attached hydrogen (secondary N) is 2. The molecule has 1 fully saturated rings. The van der Waals surface area contributed by atoms with Crippen LogP contribution in [0.15, 0.2) is 53.5 Å². The lowest BCUT2D eigenvalue weighted by Crippen LogP contribution is -2.45. The highest BCUT2D eigenvalue weighted by Gasteiger charge is 2.20. The van der Waals surface area contributed by atoms with E-state index in [-0.39, 0.29) is 6.10 Å². The highest BCUT2D eigenvalue weighted by molar-refractivity contribution is 5.80. The Morgan fingerprint density at radius 1 is 1.03 bits per heavy atom. The molecule has 5 nitrogen and oxygen atoms in total. The van der Waals surface area contributed by atoms with Gasteiger partial charge in [-0.3, -0.25) is 0 Å². The van der Waals surface area contributed by atoms with Gasteiger partial charge >= 0.3 is 0 Å². The molecule has 1 aliphatic heterocycles. The normalized spacial score (nSPS) is 21.4. The van der Waals surface area contributed by atoms with Gasteiger partial charge in [-0.25, -0.2) is 4.99 Å². The summed E-state index contributed by atoms with van der Waals surface area (Å²) in [7, 11) is 0. The molecule has 1 saturated carbocycles. The van der Waals surface area contributed by atoms with Crippen molar-refractivity contribution in [3.05, 3.63) is 65.2 Å². The Bertz CT molecular complexity index is 840. The molecular formula is C25H34N4O. The molecule has 2 aromatic rings. The summed E-state index contributed by atoms with van der Waals surface area (Å²) in [6, 6.07) is 18.0. The van der Waals surface area contributed by atoms with Gasteiger partial charge in [-0.05, 0) is 61.8 Å². The maximum absolute atomic E-state index is 9.70. The number of aliphatic imine (C=N–C) groups is 1. The van der Waals surface area contributed by atoms with E-state index in [4.69, 9.17) is 4.99 Å². The van der Waals surface area contributed by atoms with E-state index in [9.17, 15) is 5.11 Å². The van der Waals surface area contributed by atoms with Crippen LogP contribution in [0.2, 0.25) is 0 Å². The molecule has 2 aliphatic rings. The second-order valence-corrected chi connectivity index (χ2v) is 8.46. The fourth-order valence-electron chi connectivity index (χ4n) is 4.45. The van der Waals surface area contributed by atoms with E-state index in [2.05, 4.69) is 71.0 Å². The number of aliphatic hydroxyl groups is 1. The van der Waals surface area contributed by atoms with Crippen molar-refractivity contribution in [2.75, 3.05) is 18.0 Å². The van der Waals surface area contributed by atoms with Crippen molar-refractivity contribution >= 4 is 11.6 Å². The molecule has 160 valence electrons. The van der Waals surface area contributed by atoms with Crippen LogP contribution in [0.5, 0.6) is 0 Å². The molecule has 0 atom stereocenters. The summed E-state index contributed by atoms with van der Waals surface area (Å²) in [6.45, 7) is 5.65. The fourth-order valence-corrected chi connectivity index (χ4v) is 4.45. The third-order valence-electron chi connectivity index (χ3n) is 6.18. The first-order valence-electron chi connectivity index (χ1n) is 11.3. The highest BCUT2D eigenvalue weighted by atomic mass is 16.3. The van der Waals surface area contributed by atoms with Gasteiger partial charge in [0.2, 0.25) is 0 Å². The number of hydrogen-bond acceptors (Lipinski definition) is 3. The summed E-state index contributed by atoms with van der Waals surface area (Å²) < 4.78 is 0. The molecule has 1 heterocycles. The summed E-state index contributed by atoms with van der Waals surface area (Å²) in [5, 5.41) is 16.6. The average Bonchev–Trinajstić information content (AvgIpc) is 3.18. The van der Waals surface area contributed by atoms with Gasteiger partial charge in [0, 0.05) is 31.4 Å². The van der Waals surface area contributed by atoms with E-state index < -0.39 is 0 Å². The Kier molecular flexibility index (Phi) is 6.90. The van der Waals surface area contributed by atoms with E-state index in [0.29, 0.717) is 12.6 Å². The largest absolute Gasteiger partial charge is 0.393 e. The van der Waals surface area contributed by atoms with Crippen molar-refractivity contribution in [2.24, 2.45) is 4.99 Å². The van der Waals surface area contributed by atoms with Gasteiger partial charge in [0.15, 0.2) is 5.96 Å². The maximum Gasteiger partial charge on any atom is 0.191 e. The summed E-state index contributed by atoms with van der Waals surface area (Å²) in [5.74, 6) is 0.872. The third kappa shape index (κ3) is 5.33. The van der Waals surface area contributed by atoms with Crippen LogP contribution < -0.4 is 15.5 Å². The minimum absolute atomic E-state index is 0.130. The Morgan fingerprint density at radius 2 is 1.77 bits per heavy atom. The number of fused-ring (bicyclic) bond motifs is 1. The molecule has 0 spiro atoms. The lowest BCUT2D eigenvalue weighted by Gasteiger charge is -2.27. The Balaban J connectivity index is 1.33. The van der Waals surface area contributed by atoms with Crippen LogP contribution in [0, 0.1) is 0 Å². The minimum atomic E-state index is -0.130. The second kappa shape index (κ2) is 9.98. The average molecular weight is 407 g/mol. The molecular weight excluding hydrogens is 372 g/mol. The van der Waals surface area contributed by atoms with E-state index >= 15 is 0 Å². The van der Waals surface area contributed by atoms with Crippen LogP contribution in [-0.2, 0) is 19.5 Å². The van der Waals surface area contributed by atoms with Crippen LogP contribution in [0.1, 0.15) is 49.3 Å². The molecule has 1 aliphatic carbocycles. The number of benzene rings is 2. The van der Waals surface area contributed by atoms with Crippen molar-refractivity contribution in [2.45, 2.75) is 64.3 Å². The lowest BCUT2D eigenvalue weighted by atomic mass is 9.93. The van der Waals surface area contributed by atoms with Gasteiger partial charge < -0.3 is 20.6 Å². The first-order chi connectivity index (χ1) is 14.7. The van der Waals surface area contributed by atoms with E-state index in [0.717, 1.165) is 57.7 Å². The maximum atomic E-state index is 9.70. The Hall–Kier alpha value is -2.53. The van der Waals surface area contributed by atoms with Gasteiger partial charge in [-0.1, -0.05) is 42.5 Å². The van der Waals surface area contributed by atoms with E-state index in [1.807, 2.05) is 0 Å². The topological polar surface area (TPSA) is 59.9 Å². The number of para-hydroxylation sites is 1. The zero-order valence-corrected chi connectivity index (χ0v) is 18.0. The number of nitrogens with zero attached hydrogens (tertiary/aromatic N) is 2. The van der Waals surface area contributed by atoms with Crippen LogP contribution in [0.4, 0.5) is 5.69 Å². The predicted molar refractivity (Wildman–Crippen MR) is 124 cm³/mol. The molecule has 2 aromatic carbocycles. The summed E-state index contributed by atoms with van der Waals surface area (Å²) in [5.41, 5.74) is 5.39. The predicted octanol–water partition coefficient (Wildman–Crippen LogP) is 3.61. The smallest absolute Gasteiger partial charge is 0.191 e. The van der Waals surface area contributed by atoms with Crippen LogP contribution >= 0.6 is 0 Å². The Labute approximate surface area is 180 Å². The molecule has 5 heteroatoms. The monoisotopic (exact) mass is 406 g/mol. The molecule has 0 aromatic heterocycles. The lowest BCUT2D eigenvalue weighted by molar-refractivity contribution is 0.120. The van der Waals surface area contributed by atoms with Crippen LogP contribution in [0.25, 0.3) is 0 Å². The van der Waals surface area contributed by atoms with Crippen molar-refractivity contribution in [1.82, 2.24) is 10.6 Å². The summed E-state index contributed by atoms with van der Waals surface area (Å²) in [6.07, 6.45) is 4.76. The zero-order chi connectivity index (χ0) is 20.8. The zero-order valence-electron chi connectivity index (χ0n) is 18.0. The van der Waals surface area contributed by atoms with Gasteiger partial charge in [-0.15, -0.1) is 0 Å². The van der Waals surface area contributed by atoms with Crippen LogP contribution in [-0.4, -0.2) is 36.3 Å². The molecule has 0 unspecified atom stereocenters. The van der Waals surface area contributed by atoms with Gasteiger partial charge in [0.05, 0.1) is 12.6 Å². The molecule has 30 heavy (non-hydrogen) atoms. The quantitative estimate of drug-likeness (QED) is 0.507. The fraction of sp³-hybridized carbons (Fsp3) is 0.480. The minimum Gasteiger partial charge on any atom is -0.393 e. The standard InChI is InChI=1S/C25H34N4O/c1-2-26-25(28-22-11-13-23(30)14-12-22)27-17-19-7-9-20(10-8-19)18-29-16-15-21-5-3-4-6-24(21)29/h3-10,22-23,30H,2,11-18H2,1H3,(H2,26,27,28). The van der Waals surface area contributed by atoms with Crippen LogP contribution in [0.3, 0.4) is 0 Å². The van der Waals surface area contributed by atoms with Crippen molar-refractivity contribution in [3.63, 3.8) is 0 Å². The Morgan fingerprint density at radius 3 is 2.53 bits per heavy atom. The molecule has 0 amide bonds. The van der Waals surface area contributed by atoms with Crippen molar-refractivity contribution < 1.29 is 5.11 Å². The summed E-state index contributed by atoms with van der Waals surface area (Å²) in [4.78, 5) is 7.25. The molecule has 0 radical (unpaired) electrons. The van der Waals surface area contributed by atoms with Crippen molar-refractivity contribution in [3.8, 4) is 0 Å². The molecule has 4 rings (SSSR count). The molecule has 3 N–H and O–H groups in total. The van der Waals surface area contributed by atoms with Crippen molar-refractivity contribution in [1.29, 1.82) is 0 Å².